The Morgan fingerprint density at radius 1 is 0.897 bits per heavy atom. The molecule has 3 N–H and O–H groups in total. The normalized spacial score (nSPS) is 12.6. The smallest absolute Gasteiger partial charge is 0.255 e. The number of hydrogen-bond acceptors (Lipinski definition) is 6. The van der Waals surface area contributed by atoms with E-state index in [2.05, 4.69) is 20.5 Å². The molecule has 5 rings (SSSR count). The van der Waals surface area contributed by atoms with Gasteiger partial charge in [0, 0.05) is 61.5 Å². The number of nitrogens with one attached hydrogen (secondary N) is 2. The molecule has 0 atom stereocenters. The molecule has 0 spiro atoms. The summed E-state index contributed by atoms with van der Waals surface area (Å²) in [6, 6.07) is 24.3. The van der Waals surface area contributed by atoms with Gasteiger partial charge in [-0.2, -0.15) is 0 Å². The molecule has 0 saturated heterocycles. The number of benzene rings is 3. The van der Waals surface area contributed by atoms with Crippen molar-refractivity contribution < 1.29 is 19.4 Å². The van der Waals surface area contributed by atoms with Gasteiger partial charge < -0.3 is 20.5 Å². The molecule has 2 amide bonds. The quantitative estimate of drug-likeness (QED) is 0.346. The molecule has 1 aromatic heterocycles. The summed E-state index contributed by atoms with van der Waals surface area (Å²) in [6.45, 7) is 2.58. The van der Waals surface area contributed by atoms with Crippen LogP contribution in [0.2, 0.25) is 0 Å². The highest BCUT2D eigenvalue weighted by atomic mass is 16.5. The van der Waals surface area contributed by atoms with Crippen LogP contribution in [0.1, 0.15) is 31.8 Å². The van der Waals surface area contributed by atoms with Gasteiger partial charge >= 0.3 is 0 Å². The summed E-state index contributed by atoms with van der Waals surface area (Å²) in [5, 5.41) is 12.9. The van der Waals surface area contributed by atoms with Gasteiger partial charge in [0.2, 0.25) is 0 Å². The number of fused-ring (bicyclic) bond motifs is 1. The Morgan fingerprint density at radius 2 is 1.64 bits per heavy atom. The molecule has 0 saturated carbocycles. The first-order valence-corrected chi connectivity index (χ1v) is 12.6. The van der Waals surface area contributed by atoms with Crippen molar-refractivity contribution in [2.24, 2.45) is 0 Å². The molecule has 3 aromatic carbocycles. The number of rotatable bonds is 6. The Bertz CT molecular complexity index is 1410. The number of carbonyl (C=O) groups excluding carboxylic acids is 2. The number of aromatic nitrogens is 1. The lowest BCUT2D eigenvalue weighted by molar-refractivity contribution is 0.0950. The summed E-state index contributed by atoms with van der Waals surface area (Å²) < 4.78 is 5.79. The minimum absolute atomic E-state index is 0.173. The number of carbonyl (C=O) groups is 2. The van der Waals surface area contributed by atoms with Gasteiger partial charge in [-0.25, -0.2) is 0 Å². The van der Waals surface area contributed by atoms with Gasteiger partial charge in [-0.15, -0.1) is 0 Å². The molecule has 200 valence electrons. The molecule has 0 unspecified atom stereocenters. The standard InChI is InChI=1S/C30H28N4O3.CH4O/c1-34-15-16-37-28-10-9-27(18-26(28)20-34)33-30(36)25-4-2-3-21(17-25)19-32-29(35)24-7-5-22(6-8-24)23-11-13-31-14-12-23;1-2/h2-14,17-18H,15-16,19-20H2,1H3,(H,32,35)(H,33,36);2H,1H3. The summed E-state index contributed by atoms with van der Waals surface area (Å²) in [4.78, 5) is 31.8. The zero-order valence-electron chi connectivity index (χ0n) is 22.1. The number of ether oxygens (including phenoxy) is 1. The van der Waals surface area contributed by atoms with Gasteiger partial charge in [-0.05, 0) is 78.3 Å². The second kappa shape index (κ2) is 13.3. The topological polar surface area (TPSA) is 104 Å². The van der Waals surface area contributed by atoms with Crippen molar-refractivity contribution in [2.75, 3.05) is 32.6 Å². The summed E-state index contributed by atoms with van der Waals surface area (Å²) in [5.74, 6) is 0.475. The Balaban J connectivity index is 0.00000172. The van der Waals surface area contributed by atoms with Crippen LogP contribution in [0.5, 0.6) is 5.75 Å². The van der Waals surface area contributed by atoms with Crippen molar-refractivity contribution in [3.63, 3.8) is 0 Å². The van der Waals surface area contributed by atoms with Crippen LogP contribution in [-0.2, 0) is 13.1 Å². The average Bonchev–Trinajstić information content (AvgIpc) is 3.17. The molecule has 2 heterocycles. The minimum Gasteiger partial charge on any atom is -0.492 e. The van der Waals surface area contributed by atoms with Crippen LogP contribution in [-0.4, -0.2) is 54.1 Å². The van der Waals surface area contributed by atoms with Crippen molar-refractivity contribution in [3.8, 4) is 16.9 Å². The summed E-state index contributed by atoms with van der Waals surface area (Å²) >= 11 is 0. The second-order valence-corrected chi connectivity index (χ2v) is 9.06. The van der Waals surface area contributed by atoms with Crippen molar-refractivity contribution in [3.05, 3.63) is 114 Å². The third-order valence-electron chi connectivity index (χ3n) is 6.29. The third-order valence-corrected chi connectivity index (χ3v) is 6.29. The van der Waals surface area contributed by atoms with Gasteiger partial charge in [0.15, 0.2) is 0 Å². The van der Waals surface area contributed by atoms with E-state index in [0.717, 1.165) is 53.9 Å². The highest BCUT2D eigenvalue weighted by molar-refractivity contribution is 6.04. The lowest BCUT2D eigenvalue weighted by Gasteiger charge is -2.13. The van der Waals surface area contributed by atoms with E-state index in [9.17, 15) is 9.59 Å². The van der Waals surface area contributed by atoms with Crippen LogP contribution >= 0.6 is 0 Å². The van der Waals surface area contributed by atoms with Gasteiger partial charge in [0.1, 0.15) is 12.4 Å². The maximum atomic E-state index is 12.9. The second-order valence-electron chi connectivity index (χ2n) is 9.06. The van der Waals surface area contributed by atoms with Crippen molar-refractivity contribution in [1.82, 2.24) is 15.2 Å². The Labute approximate surface area is 228 Å². The van der Waals surface area contributed by atoms with E-state index in [4.69, 9.17) is 9.84 Å². The summed E-state index contributed by atoms with van der Waals surface area (Å²) in [7, 11) is 3.05. The Morgan fingerprint density at radius 3 is 2.41 bits per heavy atom. The van der Waals surface area contributed by atoms with Crippen molar-refractivity contribution in [1.29, 1.82) is 0 Å². The molecule has 1 aliphatic rings. The van der Waals surface area contributed by atoms with Crippen LogP contribution in [0.3, 0.4) is 0 Å². The minimum atomic E-state index is -0.206. The third kappa shape index (κ3) is 7.28. The molecule has 8 heteroatoms. The van der Waals surface area contributed by atoms with E-state index < -0.39 is 0 Å². The zero-order chi connectivity index (χ0) is 27.6. The van der Waals surface area contributed by atoms with E-state index >= 15 is 0 Å². The fourth-order valence-corrected chi connectivity index (χ4v) is 4.27. The lowest BCUT2D eigenvalue weighted by atomic mass is 10.0. The van der Waals surface area contributed by atoms with Crippen LogP contribution in [0.25, 0.3) is 11.1 Å². The molecule has 8 nitrogen and oxygen atoms in total. The van der Waals surface area contributed by atoms with Crippen molar-refractivity contribution >= 4 is 17.5 Å². The first kappa shape index (κ1) is 27.5. The summed E-state index contributed by atoms with van der Waals surface area (Å²) in [5.41, 5.74) is 5.77. The van der Waals surface area contributed by atoms with E-state index in [0.29, 0.717) is 24.3 Å². The fourth-order valence-electron chi connectivity index (χ4n) is 4.27. The molecular formula is C31H32N4O4. The molecule has 4 aromatic rings. The Kier molecular flexibility index (Phi) is 9.39. The molecule has 0 bridgehead atoms. The SMILES string of the molecule is CN1CCOc2ccc(NC(=O)c3cccc(CNC(=O)c4ccc(-c5ccncc5)cc4)c3)cc2C1.CO. The number of amides is 2. The number of nitrogens with zero attached hydrogens (tertiary/aromatic N) is 2. The number of likely N-dealkylation sites (N-methyl/N-ethyl adjacent to an activating group) is 1. The van der Waals surface area contributed by atoms with E-state index in [-0.39, 0.29) is 11.8 Å². The zero-order valence-corrected chi connectivity index (χ0v) is 22.1. The predicted molar refractivity (Wildman–Crippen MR) is 152 cm³/mol. The number of aliphatic hydroxyl groups is 1. The number of aliphatic hydroxyl groups excluding tert-OH is 1. The maximum absolute atomic E-state index is 12.9. The number of hydrogen-bond donors (Lipinski definition) is 3. The van der Waals surface area contributed by atoms with Gasteiger partial charge in [-0.3, -0.25) is 19.5 Å². The first-order chi connectivity index (χ1) is 19.0. The Hall–Kier alpha value is -4.53. The molecule has 0 aliphatic carbocycles. The van der Waals surface area contributed by atoms with Crippen LogP contribution in [0, 0.1) is 0 Å². The van der Waals surface area contributed by atoms with E-state index in [1.54, 1.807) is 36.7 Å². The van der Waals surface area contributed by atoms with Gasteiger partial charge in [0.25, 0.3) is 11.8 Å². The van der Waals surface area contributed by atoms with Crippen LogP contribution in [0.4, 0.5) is 5.69 Å². The fraction of sp³-hybridized carbons (Fsp3) is 0.194. The molecular weight excluding hydrogens is 492 g/mol. The molecule has 1 aliphatic heterocycles. The molecule has 0 fully saturated rings. The highest BCUT2D eigenvalue weighted by Crippen LogP contribution is 2.26. The maximum Gasteiger partial charge on any atom is 0.255 e. The predicted octanol–water partition coefficient (Wildman–Crippen LogP) is 4.36. The molecule has 0 radical (unpaired) electrons. The van der Waals surface area contributed by atoms with E-state index in [1.165, 1.54) is 0 Å². The number of anilines is 1. The first-order valence-electron chi connectivity index (χ1n) is 12.6. The number of pyridine rings is 1. The van der Waals surface area contributed by atoms with Gasteiger partial charge in [-0.1, -0.05) is 24.3 Å². The monoisotopic (exact) mass is 524 g/mol. The van der Waals surface area contributed by atoms with Gasteiger partial charge in [0.05, 0.1) is 0 Å². The molecule has 39 heavy (non-hydrogen) atoms. The summed E-state index contributed by atoms with van der Waals surface area (Å²) in [6.07, 6.45) is 3.48. The van der Waals surface area contributed by atoms with Crippen LogP contribution in [0.15, 0.2) is 91.3 Å². The average molecular weight is 525 g/mol. The lowest BCUT2D eigenvalue weighted by Crippen LogP contribution is -2.23. The largest absolute Gasteiger partial charge is 0.492 e. The highest BCUT2D eigenvalue weighted by Gasteiger charge is 2.14. The van der Waals surface area contributed by atoms with Crippen LogP contribution < -0.4 is 15.4 Å². The van der Waals surface area contributed by atoms with Crippen molar-refractivity contribution in [2.45, 2.75) is 13.1 Å². The van der Waals surface area contributed by atoms with E-state index in [1.807, 2.05) is 61.6 Å².